The number of likely N-dealkylation sites (N-methyl/N-ethyl adjacent to an activating group) is 1. The number of aliphatic hydroxyl groups excluding tert-OH is 4. The Balaban J connectivity index is 1.64. The molecular formula is C41H71N5O10. The second-order valence-electron chi connectivity index (χ2n) is 16.1. The molecule has 12 atom stereocenters. The SMILES string of the molecule is CNC1C(O)C(OC2C(CC(=O)C(O)CCN=C/C=C(\C)CC/C=C(\C)CCC=C(C)C)CC(N)C(OC3OC(CNCCO)=CCC3N)C2O)OCC1(C)O. The Bertz CT molecular complexity index is 1370. The van der Waals surface area contributed by atoms with Crippen molar-refractivity contribution in [3.05, 3.63) is 46.8 Å². The topological polar surface area (TPSA) is 244 Å². The minimum atomic E-state index is -1.42. The number of aliphatic imine (C=N–C) groups is 1. The first-order chi connectivity index (χ1) is 26.6. The van der Waals surface area contributed by atoms with Crippen LogP contribution in [-0.4, -0.2) is 144 Å². The van der Waals surface area contributed by atoms with Crippen LogP contribution in [0.5, 0.6) is 0 Å². The third-order valence-corrected chi connectivity index (χ3v) is 10.6. The first-order valence-electron chi connectivity index (χ1n) is 20.1. The van der Waals surface area contributed by atoms with Crippen molar-refractivity contribution in [2.24, 2.45) is 22.4 Å². The van der Waals surface area contributed by atoms with Gasteiger partial charge < -0.3 is 66.6 Å². The number of nitrogens with two attached hydrogens (primary N) is 2. The third-order valence-electron chi connectivity index (χ3n) is 10.6. The van der Waals surface area contributed by atoms with E-state index in [2.05, 4.69) is 55.5 Å². The van der Waals surface area contributed by atoms with Crippen LogP contribution in [0.15, 0.2) is 51.8 Å². The Morgan fingerprint density at radius 3 is 2.45 bits per heavy atom. The molecule has 0 aromatic rings. The average Bonchev–Trinajstić information content (AvgIpc) is 3.13. The second kappa shape index (κ2) is 23.9. The minimum Gasteiger partial charge on any atom is -0.467 e. The molecule has 12 unspecified atom stereocenters. The molecular weight excluding hydrogens is 722 g/mol. The van der Waals surface area contributed by atoms with Gasteiger partial charge in [0.15, 0.2) is 12.1 Å². The Kier molecular flexibility index (Phi) is 20.5. The number of ether oxygens (including phenoxy) is 4. The number of nitrogens with one attached hydrogen (secondary N) is 2. The molecule has 1 saturated carbocycles. The lowest BCUT2D eigenvalue weighted by Crippen LogP contribution is -2.67. The second-order valence-corrected chi connectivity index (χ2v) is 16.1. The van der Waals surface area contributed by atoms with Crippen LogP contribution in [0, 0.1) is 5.92 Å². The zero-order chi connectivity index (χ0) is 41.4. The van der Waals surface area contributed by atoms with Gasteiger partial charge in [0.05, 0.1) is 37.9 Å². The van der Waals surface area contributed by atoms with Crippen molar-refractivity contribution in [2.45, 2.75) is 153 Å². The van der Waals surface area contributed by atoms with E-state index in [1.54, 1.807) is 13.3 Å². The van der Waals surface area contributed by atoms with E-state index in [1.165, 1.54) is 23.6 Å². The molecule has 0 aromatic carbocycles. The van der Waals surface area contributed by atoms with E-state index < -0.39 is 78.5 Å². The van der Waals surface area contributed by atoms with Crippen molar-refractivity contribution >= 4 is 12.0 Å². The molecule has 3 aliphatic rings. The summed E-state index contributed by atoms with van der Waals surface area (Å²) in [5.41, 5.74) is 15.4. The molecule has 0 amide bonds. The summed E-state index contributed by atoms with van der Waals surface area (Å²) in [7, 11) is 1.59. The maximum absolute atomic E-state index is 13.4. The summed E-state index contributed by atoms with van der Waals surface area (Å²) in [5, 5.41) is 59.7. The summed E-state index contributed by atoms with van der Waals surface area (Å²) < 4.78 is 24.2. The van der Waals surface area contributed by atoms with E-state index in [1.807, 2.05) is 12.2 Å². The summed E-state index contributed by atoms with van der Waals surface area (Å²) in [6, 6.07) is -2.16. The molecule has 56 heavy (non-hydrogen) atoms. The monoisotopic (exact) mass is 794 g/mol. The number of ketones is 1. The molecule has 0 aromatic heterocycles. The van der Waals surface area contributed by atoms with Gasteiger partial charge in [-0.2, -0.15) is 0 Å². The van der Waals surface area contributed by atoms with Crippen LogP contribution in [0.2, 0.25) is 0 Å². The Hall–Kier alpha value is -2.38. The number of hydrogen-bond acceptors (Lipinski definition) is 15. The molecule has 15 heteroatoms. The molecule has 2 fully saturated rings. The van der Waals surface area contributed by atoms with E-state index >= 15 is 0 Å². The van der Waals surface area contributed by atoms with Gasteiger partial charge in [-0.25, -0.2) is 0 Å². The fraction of sp³-hybridized carbons (Fsp3) is 0.756. The van der Waals surface area contributed by atoms with Crippen molar-refractivity contribution in [3.8, 4) is 0 Å². The van der Waals surface area contributed by atoms with Crippen LogP contribution < -0.4 is 22.1 Å². The highest BCUT2D eigenvalue weighted by molar-refractivity contribution is 5.83. The number of rotatable bonds is 22. The number of Topliss-reactive ketones (excluding diaryl/α,β-unsaturated/α-hetero) is 1. The van der Waals surface area contributed by atoms with Crippen LogP contribution in [0.25, 0.3) is 0 Å². The molecule has 11 N–H and O–H groups in total. The van der Waals surface area contributed by atoms with Gasteiger partial charge in [-0.1, -0.05) is 28.9 Å². The van der Waals surface area contributed by atoms with Crippen molar-refractivity contribution < 1.29 is 49.3 Å². The van der Waals surface area contributed by atoms with Gasteiger partial charge in [-0.3, -0.25) is 9.79 Å². The van der Waals surface area contributed by atoms with Gasteiger partial charge in [0.1, 0.15) is 35.8 Å². The lowest BCUT2D eigenvalue weighted by Gasteiger charge is -2.48. The number of carbonyl (C=O) groups excluding carboxylic acids is 1. The van der Waals surface area contributed by atoms with Crippen molar-refractivity contribution in [2.75, 3.05) is 39.9 Å². The molecule has 15 nitrogen and oxygen atoms in total. The van der Waals surface area contributed by atoms with Crippen LogP contribution in [0.1, 0.15) is 86.0 Å². The largest absolute Gasteiger partial charge is 0.467 e. The first kappa shape index (κ1) is 48.0. The highest BCUT2D eigenvalue weighted by atomic mass is 16.7. The normalized spacial score (nSPS) is 33.6. The summed E-state index contributed by atoms with van der Waals surface area (Å²) >= 11 is 0. The molecule has 320 valence electrons. The van der Waals surface area contributed by atoms with Crippen molar-refractivity contribution in [3.63, 3.8) is 0 Å². The Labute approximate surface area is 333 Å². The highest BCUT2D eigenvalue weighted by Crippen LogP contribution is 2.36. The maximum Gasteiger partial charge on any atom is 0.215 e. The summed E-state index contributed by atoms with van der Waals surface area (Å²) in [4.78, 5) is 17.8. The summed E-state index contributed by atoms with van der Waals surface area (Å²) in [5.74, 6) is -0.579. The number of aliphatic hydroxyl groups is 5. The van der Waals surface area contributed by atoms with Crippen LogP contribution in [0.3, 0.4) is 0 Å². The highest BCUT2D eigenvalue weighted by Gasteiger charge is 2.51. The zero-order valence-electron chi connectivity index (χ0n) is 34.3. The van der Waals surface area contributed by atoms with Crippen LogP contribution >= 0.6 is 0 Å². The molecule has 2 heterocycles. The number of nitrogens with zero attached hydrogens (tertiary/aromatic N) is 1. The summed E-state index contributed by atoms with van der Waals surface area (Å²) in [6.45, 7) is 10.7. The van der Waals surface area contributed by atoms with E-state index in [0.717, 1.165) is 25.7 Å². The zero-order valence-corrected chi connectivity index (χ0v) is 34.3. The lowest BCUT2D eigenvalue weighted by atomic mass is 9.76. The van der Waals surface area contributed by atoms with Crippen molar-refractivity contribution in [1.82, 2.24) is 10.6 Å². The average molecular weight is 794 g/mol. The first-order valence-corrected chi connectivity index (χ1v) is 20.1. The fourth-order valence-electron chi connectivity index (χ4n) is 7.31. The van der Waals surface area contributed by atoms with Crippen molar-refractivity contribution in [1.29, 1.82) is 0 Å². The van der Waals surface area contributed by atoms with Gasteiger partial charge in [-0.15, -0.1) is 0 Å². The number of allylic oxidation sites excluding steroid dienone is 6. The van der Waals surface area contributed by atoms with E-state index in [9.17, 15) is 25.2 Å². The standard InChI is InChI=1S/C41H71N5O10/c1-25(2)9-7-10-26(3)11-8-12-27(4)15-17-45-18-16-32(48)33(49)22-28-21-31(43)37(56-39-30(42)14-13-29(54-39)23-46-19-20-47)34(50)36(28)55-40-35(51)38(44-6)41(5,52)24-53-40/h9,11,13,15,17,28,30-32,34-40,44,46-48,50-52H,7-8,10,12,14,16,18-24,42-43H2,1-6H3/b26-11+,27-15+,45-17?. The van der Waals surface area contributed by atoms with Crippen LogP contribution in [-0.2, 0) is 23.7 Å². The molecule has 1 aliphatic carbocycles. The van der Waals surface area contributed by atoms with Gasteiger partial charge >= 0.3 is 0 Å². The molecule has 2 aliphatic heterocycles. The molecule has 3 rings (SSSR count). The predicted molar refractivity (Wildman–Crippen MR) is 216 cm³/mol. The Morgan fingerprint density at radius 1 is 1.05 bits per heavy atom. The maximum atomic E-state index is 13.4. The third kappa shape index (κ3) is 15.1. The van der Waals surface area contributed by atoms with Gasteiger partial charge in [0.25, 0.3) is 0 Å². The van der Waals surface area contributed by atoms with Crippen LogP contribution in [0.4, 0.5) is 0 Å². The summed E-state index contributed by atoms with van der Waals surface area (Å²) in [6.07, 6.45) is 6.07. The van der Waals surface area contributed by atoms with Gasteiger partial charge in [0.2, 0.25) is 6.29 Å². The van der Waals surface area contributed by atoms with Gasteiger partial charge in [0, 0.05) is 31.8 Å². The smallest absolute Gasteiger partial charge is 0.215 e. The Morgan fingerprint density at radius 2 is 1.75 bits per heavy atom. The lowest BCUT2D eigenvalue weighted by molar-refractivity contribution is -0.308. The van der Waals surface area contributed by atoms with E-state index in [0.29, 0.717) is 25.3 Å². The number of hydrogen-bond donors (Lipinski definition) is 9. The fourth-order valence-corrected chi connectivity index (χ4v) is 7.31. The number of carbonyl (C=O) groups is 1. The molecule has 0 spiro atoms. The molecule has 1 saturated heterocycles. The predicted octanol–water partition coefficient (Wildman–Crippen LogP) is 1.26. The quantitative estimate of drug-likeness (QED) is 0.0426. The van der Waals surface area contributed by atoms with E-state index in [4.69, 9.17) is 35.5 Å². The van der Waals surface area contributed by atoms with E-state index in [-0.39, 0.29) is 39.0 Å². The molecule has 0 radical (unpaired) electrons. The molecule has 0 bridgehead atoms. The minimum absolute atomic E-state index is 0.0364. The van der Waals surface area contributed by atoms with Gasteiger partial charge in [-0.05, 0) is 105 Å².